The third-order valence-corrected chi connectivity index (χ3v) is 4.00. The minimum Gasteiger partial charge on any atom is -0.350 e. The van der Waals surface area contributed by atoms with Crippen molar-refractivity contribution in [2.24, 2.45) is 0 Å². The fourth-order valence-electron chi connectivity index (χ4n) is 2.69. The van der Waals surface area contributed by atoms with Crippen LogP contribution >= 0.6 is 0 Å². The Bertz CT molecular complexity index is 773. The van der Waals surface area contributed by atoms with Crippen LogP contribution in [0.5, 0.6) is 0 Å². The molecule has 0 aromatic heterocycles. The summed E-state index contributed by atoms with van der Waals surface area (Å²) in [5.74, 6) is -0.615. The van der Waals surface area contributed by atoms with Gasteiger partial charge in [0, 0.05) is 26.2 Å². The molecule has 1 atom stereocenters. The number of hydrogen-bond donors (Lipinski definition) is 1. The van der Waals surface area contributed by atoms with Crippen LogP contribution in [-0.2, 0) is 11.3 Å². The molecule has 5 nitrogen and oxygen atoms in total. The summed E-state index contributed by atoms with van der Waals surface area (Å²) in [5.41, 5.74) is 2.12. The molecule has 2 amide bonds. The molecule has 0 aliphatic rings. The standard InChI is InChI=1S/C20H24FN3O2/c1-23(2)18(15-8-10-17(21)11-9-15)19(25)22-13-14-6-5-7-16(12-14)20(26)24(3)4/h5-12,18H,13H2,1-4H3,(H,22,25). The highest BCUT2D eigenvalue weighted by Gasteiger charge is 2.22. The summed E-state index contributed by atoms with van der Waals surface area (Å²) in [7, 11) is 6.98. The molecule has 2 rings (SSSR count). The monoisotopic (exact) mass is 357 g/mol. The van der Waals surface area contributed by atoms with Gasteiger partial charge in [0.05, 0.1) is 0 Å². The molecule has 0 saturated heterocycles. The first kappa shape index (κ1) is 19.6. The van der Waals surface area contributed by atoms with E-state index in [0.717, 1.165) is 5.56 Å². The van der Waals surface area contributed by atoms with Gasteiger partial charge in [0.1, 0.15) is 11.9 Å². The van der Waals surface area contributed by atoms with Crippen LogP contribution < -0.4 is 5.32 Å². The minimum atomic E-state index is -0.526. The van der Waals surface area contributed by atoms with Crippen molar-refractivity contribution in [1.29, 1.82) is 0 Å². The lowest BCUT2D eigenvalue weighted by Crippen LogP contribution is -2.36. The lowest BCUT2D eigenvalue weighted by atomic mass is 10.0. The first-order valence-electron chi connectivity index (χ1n) is 8.30. The van der Waals surface area contributed by atoms with Gasteiger partial charge in [-0.1, -0.05) is 24.3 Å². The molecular formula is C20H24FN3O2. The van der Waals surface area contributed by atoms with Crippen molar-refractivity contribution in [2.75, 3.05) is 28.2 Å². The van der Waals surface area contributed by atoms with E-state index >= 15 is 0 Å². The van der Waals surface area contributed by atoms with Crippen LogP contribution in [0, 0.1) is 5.82 Å². The van der Waals surface area contributed by atoms with Crippen molar-refractivity contribution >= 4 is 11.8 Å². The maximum Gasteiger partial charge on any atom is 0.253 e. The number of likely N-dealkylation sites (N-methyl/N-ethyl adjacent to an activating group) is 1. The summed E-state index contributed by atoms with van der Waals surface area (Å²) in [5, 5.41) is 2.89. The van der Waals surface area contributed by atoms with Gasteiger partial charge in [-0.2, -0.15) is 0 Å². The van der Waals surface area contributed by atoms with Gasteiger partial charge >= 0.3 is 0 Å². The predicted octanol–water partition coefficient (Wildman–Crippen LogP) is 2.45. The van der Waals surface area contributed by atoms with Gasteiger partial charge in [-0.15, -0.1) is 0 Å². The lowest BCUT2D eigenvalue weighted by Gasteiger charge is -2.24. The Balaban J connectivity index is 2.10. The van der Waals surface area contributed by atoms with Crippen LogP contribution in [-0.4, -0.2) is 49.8 Å². The molecule has 26 heavy (non-hydrogen) atoms. The fraction of sp³-hybridized carbons (Fsp3) is 0.300. The van der Waals surface area contributed by atoms with Crippen LogP contribution in [0.25, 0.3) is 0 Å². The summed E-state index contributed by atoms with van der Waals surface area (Å²) in [4.78, 5) is 28.0. The van der Waals surface area contributed by atoms with Gasteiger partial charge < -0.3 is 10.2 Å². The second kappa shape index (κ2) is 8.58. The highest BCUT2D eigenvalue weighted by Crippen LogP contribution is 2.19. The molecule has 0 fully saturated rings. The lowest BCUT2D eigenvalue weighted by molar-refractivity contribution is -0.125. The number of benzene rings is 2. The summed E-state index contributed by atoms with van der Waals surface area (Å²) >= 11 is 0. The molecule has 0 saturated carbocycles. The van der Waals surface area contributed by atoms with Crippen molar-refractivity contribution in [2.45, 2.75) is 12.6 Å². The van der Waals surface area contributed by atoms with Gasteiger partial charge in [-0.05, 0) is 49.5 Å². The van der Waals surface area contributed by atoms with E-state index in [1.54, 1.807) is 63.4 Å². The highest BCUT2D eigenvalue weighted by molar-refractivity contribution is 5.94. The number of carbonyl (C=O) groups is 2. The summed E-state index contributed by atoms with van der Waals surface area (Å²) < 4.78 is 13.1. The van der Waals surface area contributed by atoms with Crippen LogP contribution in [0.15, 0.2) is 48.5 Å². The molecule has 2 aromatic rings. The van der Waals surface area contributed by atoms with E-state index in [1.165, 1.54) is 17.0 Å². The number of rotatable bonds is 6. The molecule has 138 valence electrons. The third-order valence-electron chi connectivity index (χ3n) is 4.00. The van der Waals surface area contributed by atoms with Crippen LogP contribution in [0.1, 0.15) is 27.5 Å². The summed E-state index contributed by atoms with van der Waals surface area (Å²) in [6.45, 7) is 0.304. The van der Waals surface area contributed by atoms with E-state index in [4.69, 9.17) is 0 Å². The van der Waals surface area contributed by atoms with Gasteiger partial charge in [-0.3, -0.25) is 14.5 Å². The van der Waals surface area contributed by atoms with Crippen LogP contribution in [0.3, 0.4) is 0 Å². The van der Waals surface area contributed by atoms with Crippen molar-refractivity contribution in [3.8, 4) is 0 Å². The van der Waals surface area contributed by atoms with Gasteiger partial charge in [-0.25, -0.2) is 4.39 Å². The average molecular weight is 357 g/mol. The van der Waals surface area contributed by atoms with E-state index in [-0.39, 0.29) is 17.6 Å². The number of nitrogens with one attached hydrogen (secondary N) is 1. The third kappa shape index (κ3) is 4.89. The Labute approximate surface area is 153 Å². The van der Waals surface area contributed by atoms with Crippen molar-refractivity contribution in [3.05, 3.63) is 71.0 Å². The van der Waals surface area contributed by atoms with Gasteiger partial charge in [0.15, 0.2) is 0 Å². The Morgan fingerprint density at radius 3 is 2.27 bits per heavy atom. The van der Waals surface area contributed by atoms with E-state index in [2.05, 4.69) is 5.32 Å². The van der Waals surface area contributed by atoms with E-state index in [0.29, 0.717) is 17.7 Å². The quantitative estimate of drug-likeness (QED) is 0.864. The highest BCUT2D eigenvalue weighted by atomic mass is 19.1. The first-order valence-corrected chi connectivity index (χ1v) is 8.30. The number of hydrogen-bond acceptors (Lipinski definition) is 3. The number of carbonyl (C=O) groups excluding carboxylic acids is 2. The number of amides is 2. The molecule has 0 heterocycles. The second-order valence-electron chi connectivity index (χ2n) is 6.54. The number of halogens is 1. The Hall–Kier alpha value is -2.73. The minimum absolute atomic E-state index is 0.0874. The topological polar surface area (TPSA) is 52.7 Å². The second-order valence-corrected chi connectivity index (χ2v) is 6.54. The van der Waals surface area contributed by atoms with E-state index in [9.17, 15) is 14.0 Å². The average Bonchev–Trinajstić information content (AvgIpc) is 2.61. The van der Waals surface area contributed by atoms with E-state index < -0.39 is 6.04 Å². The SMILES string of the molecule is CN(C)C(=O)c1cccc(CNC(=O)C(c2ccc(F)cc2)N(C)C)c1. The summed E-state index contributed by atoms with van der Waals surface area (Å²) in [6, 6.07) is 12.5. The fourth-order valence-corrected chi connectivity index (χ4v) is 2.69. The van der Waals surface area contributed by atoms with Gasteiger partial charge in [0.2, 0.25) is 5.91 Å². The Morgan fingerprint density at radius 1 is 1.04 bits per heavy atom. The van der Waals surface area contributed by atoms with Gasteiger partial charge in [0.25, 0.3) is 5.91 Å². The summed E-state index contributed by atoms with van der Waals surface area (Å²) in [6.07, 6.45) is 0. The first-order chi connectivity index (χ1) is 12.3. The molecule has 2 aromatic carbocycles. The molecular weight excluding hydrogens is 333 g/mol. The largest absolute Gasteiger partial charge is 0.350 e. The van der Waals surface area contributed by atoms with E-state index in [1.807, 2.05) is 6.07 Å². The van der Waals surface area contributed by atoms with Crippen molar-refractivity contribution in [1.82, 2.24) is 15.1 Å². The van der Waals surface area contributed by atoms with Crippen molar-refractivity contribution in [3.63, 3.8) is 0 Å². The molecule has 0 aliphatic carbocycles. The van der Waals surface area contributed by atoms with Crippen LogP contribution in [0.2, 0.25) is 0 Å². The molecule has 6 heteroatoms. The van der Waals surface area contributed by atoms with Crippen molar-refractivity contribution < 1.29 is 14.0 Å². The zero-order valence-electron chi connectivity index (χ0n) is 15.5. The predicted molar refractivity (Wildman–Crippen MR) is 99.1 cm³/mol. The maximum atomic E-state index is 13.1. The Kier molecular flexibility index (Phi) is 6.46. The number of nitrogens with zero attached hydrogens (tertiary/aromatic N) is 2. The smallest absolute Gasteiger partial charge is 0.253 e. The maximum absolute atomic E-state index is 13.1. The molecule has 0 spiro atoms. The zero-order chi connectivity index (χ0) is 19.3. The molecule has 1 N–H and O–H groups in total. The normalized spacial score (nSPS) is 11.9. The molecule has 0 aliphatic heterocycles. The molecule has 0 radical (unpaired) electrons. The molecule has 0 bridgehead atoms. The Morgan fingerprint density at radius 2 is 1.69 bits per heavy atom. The zero-order valence-corrected chi connectivity index (χ0v) is 15.5. The van der Waals surface area contributed by atoms with Crippen LogP contribution in [0.4, 0.5) is 4.39 Å². The molecule has 1 unspecified atom stereocenters.